The van der Waals surface area contributed by atoms with Crippen LogP contribution in [0.15, 0.2) is 48.7 Å². The van der Waals surface area contributed by atoms with Gasteiger partial charge >= 0.3 is 5.97 Å². The fourth-order valence-electron chi connectivity index (χ4n) is 13.4. The molecule has 7 aliphatic rings. The van der Waals surface area contributed by atoms with Crippen molar-refractivity contribution in [3.05, 3.63) is 65.5 Å². The Labute approximate surface area is 299 Å². The normalized spacial score (nSPS) is 44.0. The van der Waals surface area contributed by atoms with Crippen molar-refractivity contribution in [2.75, 3.05) is 32.6 Å². The number of para-hydroxylation sites is 1. The van der Waals surface area contributed by atoms with Crippen LogP contribution in [0, 0.1) is 40.9 Å². The number of piperidine rings is 1. The van der Waals surface area contributed by atoms with Crippen LogP contribution in [0.5, 0.6) is 0 Å². The van der Waals surface area contributed by atoms with E-state index in [0.717, 1.165) is 18.5 Å². The third-order valence-electron chi connectivity index (χ3n) is 15.1. The molecule has 1 amide bonds. The first kappa shape index (κ1) is 33.7. The number of amides is 1. The first-order valence-corrected chi connectivity index (χ1v) is 19.0. The predicted molar refractivity (Wildman–Crippen MR) is 190 cm³/mol. The molecule has 7 fully saturated rings. The largest absolute Gasteiger partial charge is 0.454 e. The lowest BCUT2D eigenvalue weighted by Gasteiger charge is -2.71. The lowest BCUT2D eigenvalue weighted by Crippen LogP contribution is -2.82. The summed E-state index contributed by atoms with van der Waals surface area (Å²) in [6.45, 7) is 7.65. The summed E-state index contributed by atoms with van der Waals surface area (Å²) in [4.78, 5) is 34.4. The van der Waals surface area contributed by atoms with Crippen LogP contribution in [-0.4, -0.2) is 94.3 Å². The van der Waals surface area contributed by atoms with Gasteiger partial charge in [-0.3, -0.25) is 14.7 Å². The number of aromatic nitrogens is 1. The van der Waals surface area contributed by atoms with Crippen molar-refractivity contribution in [3.8, 4) is 0 Å². The van der Waals surface area contributed by atoms with Crippen LogP contribution >= 0.6 is 0 Å². The van der Waals surface area contributed by atoms with Crippen LogP contribution in [0.25, 0.3) is 6.08 Å². The number of methoxy groups -OCH3 is 2. The molecule has 10 heteroatoms. The number of carbonyl (C=O) groups excluding carboxylic acids is 2. The van der Waals surface area contributed by atoms with E-state index < -0.39 is 28.2 Å². The molecule has 2 unspecified atom stereocenters. The molecule has 51 heavy (non-hydrogen) atoms. The molecule has 3 N–H and O–H groups in total. The number of esters is 1. The van der Waals surface area contributed by atoms with E-state index in [-0.39, 0.29) is 53.7 Å². The second kappa shape index (κ2) is 11.4. The average Bonchev–Trinajstić information content (AvgIpc) is 3.67. The van der Waals surface area contributed by atoms with Gasteiger partial charge in [0.25, 0.3) is 0 Å². The zero-order valence-corrected chi connectivity index (χ0v) is 30.2. The Hall–Kier alpha value is -3.15. The van der Waals surface area contributed by atoms with Crippen LogP contribution < -0.4 is 5.32 Å². The number of carbonyl (C=O) groups is 2. The molecule has 6 aliphatic carbocycles. The highest BCUT2D eigenvalue weighted by atomic mass is 16.6. The number of ether oxygens (including phenoxy) is 3. The van der Waals surface area contributed by atoms with Gasteiger partial charge in [0.1, 0.15) is 16.8 Å². The zero-order valence-electron chi connectivity index (χ0n) is 30.2. The Balaban J connectivity index is 1.04. The summed E-state index contributed by atoms with van der Waals surface area (Å²) in [5.41, 5.74) is -1.33. The van der Waals surface area contributed by atoms with Crippen LogP contribution in [0.1, 0.15) is 80.4 Å². The maximum absolute atomic E-state index is 14.5. The maximum atomic E-state index is 14.5. The Bertz CT molecular complexity index is 1800. The third-order valence-corrected chi connectivity index (χ3v) is 15.1. The van der Waals surface area contributed by atoms with Crippen molar-refractivity contribution in [1.82, 2.24) is 9.88 Å². The van der Waals surface area contributed by atoms with Crippen molar-refractivity contribution in [2.45, 2.75) is 93.8 Å². The molecule has 1 saturated heterocycles. The summed E-state index contributed by atoms with van der Waals surface area (Å²) in [6, 6.07) is 10.9. The monoisotopic (exact) mass is 697 g/mol. The van der Waals surface area contributed by atoms with Crippen molar-refractivity contribution in [2.24, 2.45) is 40.9 Å². The van der Waals surface area contributed by atoms with Gasteiger partial charge in [-0.25, -0.2) is 4.79 Å². The minimum absolute atomic E-state index is 0.000455. The third kappa shape index (κ3) is 4.25. The molecule has 10 nitrogen and oxygen atoms in total. The minimum Gasteiger partial charge on any atom is -0.454 e. The number of pyridine rings is 1. The van der Waals surface area contributed by atoms with Gasteiger partial charge in [-0.2, -0.15) is 0 Å². The second-order valence-corrected chi connectivity index (χ2v) is 16.9. The molecular formula is C41H51N3O7. The fraction of sp³-hybridized carbons (Fsp3) is 0.634. The van der Waals surface area contributed by atoms with Crippen LogP contribution in [0.3, 0.4) is 0 Å². The standard InChI is InChI=1S/C41H51N3O7/c1-6-44-21-38(51-37(46)25-9-7-8-10-28(25)43-33(45)12-11-24-17-23(22(2)3)14-16-42-24)15-13-32(50-5)40-30(38)19-27(36(40)44)39(47)20-29(49-4)34-26-18-31(40)41(39,48)35(26)34/h7-12,14,16-17,22,26-27,29-32,34-36,47-48H,6,13,15,18-21H2,1-5H3,(H,43,45)/b12-11+/t26-,27-,29+,30-,31+,32+,34?,35+,36?,38-,39+,40+,41+/m1/s1. The van der Waals surface area contributed by atoms with Crippen LogP contribution in [0.2, 0.25) is 0 Å². The molecule has 1 aliphatic heterocycles. The smallest absolute Gasteiger partial charge is 0.340 e. The molecule has 0 radical (unpaired) electrons. The van der Waals surface area contributed by atoms with E-state index >= 15 is 0 Å². The summed E-state index contributed by atoms with van der Waals surface area (Å²) in [6.07, 6.45) is 7.90. The summed E-state index contributed by atoms with van der Waals surface area (Å²) in [5, 5.41) is 28.8. The molecular weight excluding hydrogens is 646 g/mol. The number of aliphatic hydroxyl groups is 2. The number of benzene rings is 1. The molecule has 272 valence electrons. The van der Waals surface area contributed by atoms with Crippen LogP contribution in [-0.2, 0) is 19.0 Å². The molecule has 9 rings (SSSR count). The Morgan fingerprint density at radius 1 is 1.12 bits per heavy atom. The topological polar surface area (TPSA) is 130 Å². The highest BCUT2D eigenvalue weighted by molar-refractivity contribution is 6.06. The summed E-state index contributed by atoms with van der Waals surface area (Å²) in [7, 11) is 3.52. The Kier molecular flexibility index (Phi) is 7.54. The zero-order chi connectivity index (χ0) is 35.7. The molecule has 1 aromatic carbocycles. The van der Waals surface area contributed by atoms with Crippen molar-refractivity contribution < 1.29 is 34.0 Å². The van der Waals surface area contributed by atoms with Crippen molar-refractivity contribution in [1.29, 1.82) is 0 Å². The van der Waals surface area contributed by atoms with Gasteiger partial charge < -0.3 is 29.7 Å². The molecule has 13 atom stereocenters. The van der Waals surface area contributed by atoms with E-state index in [9.17, 15) is 19.8 Å². The van der Waals surface area contributed by atoms with E-state index in [2.05, 4.69) is 36.0 Å². The van der Waals surface area contributed by atoms with E-state index in [0.29, 0.717) is 61.0 Å². The van der Waals surface area contributed by atoms with Gasteiger partial charge in [0, 0.05) is 68.7 Å². The second-order valence-electron chi connectivity index (χ2n) is 16.9. The summed E-state index contributed by atoms with van der Waals surface area (Å²) >= 11 is 0. The highest BCUT2D eigenvalue weighted by Gasteiger charge is 2.92. The number of anilines is 1. The Morgan fingerprint density at radius 2 is 1.92 bits per heavy atom. The molecule has 1 spiro atoms. The molecule has 2 heterocycles. The van der Waals surface area contributed by atoms with E-state index in [1.807, 2.05) is 12.1 Å². The minimum atomic E-state index is -1.29. The number of hydrogen-bond acceptors (Lipinski definition) is 9. The maximum Gasteiger partial charge on any atom is 0.340 e. The SMILES string of the molecule is CCN1C[C@]2(OC(=O)c3ccccc3NC(=O)/C=C/c3cc(C(C)C)ccn3)CC[C@H](OC)[C@]34C1[C@@H](C[C@H]23)[C@@]1(O)C[C@H](OC)C2[C@H]3C[C@@H]4[C@]1(O)[C@H]23. The molecule has 2 aromatic rings. The van der Waals surface area contributed by atoms with E-state index in [1.165, 1.54) is 6.08 Å². The first-order chi connectivity index (χ1) is 24.5. The van der Waals surface area contributed by atoms with Gasteiger partial charge in [0.15, 0.2) is 0 Å². The van der Waals surface area contributed by atoms with Crippen LogP contribution in [0.4, 0.5) is 5.69 Å². The number of hydrogen-bond donors (Lipinski definition) is 3. The number of likely N-dealkylation sites (N-methyl/N-ethyl adjacent to an activating group) is 1. The number of rotatable bonds is 9. The lowest BCUT2D eigenvalue weighted by molar-refractivity contribution is -0.333. The van der Waals surface area contributed by atoms with Crippen molar-refractivity contribution in [3.63, 3.8) is 0 Å². The van der Waals surface area contributed by atoms with Gasteiger partial charge in [-0.05, 0) is 91.8 Å². The number of nitrogens with one attached hydrogen (secondary N) is 1. The number of nitrogens with zero attached hydrogens (tertiary/aromatic N) is 2. The quantitative estimate of drug-likeness (QED) is 0.253. The first-order valence-electron chi connectivity index (χ1n) is 19.0. The van der Waals surface area contributed by atoms with Gasteiger partial charge in [0.05, 0.1) is 29.2 Å². The Morgan fingerprint density at radius 3 is 2.67 bits per heavy atom. The van der Waals surface area contributed by atoms with Crippen molar-refractivity contribution >= 4 is 23.6 Å². The predicted octanol–water partition coefficient (Wildman–Crippen LogP) is 4.66. The van der Waals surface area contributed by atoms with E-state index in [4.69, 9.17) is 14.2 Å². The lowest BCUT2D eigenvalue weighted by atomic mass is 9.42. The fourth-order valence-corrected chi connectivity index (χ4v) is 13.4. The summed E-state index contributed by atoms with van der Waals surface area (Å²) in [5.74, 6) is -0.351. The number of likely N-dealkylation sites (tertiary alicyclic amines) is 1. The highest BCUT2D eigenvalue weighted by Crippen LogP contribution is 2.84. The van der Waals surface area contributed by atoms with Gasteiger partial charge in [0.2, 0.25) is 5.91 Å². The van der Waals surface area contributed by atoms with E-state index in [1.54, 1.807) is 50.8 Å². The molecule has 6 saturated carbocycles. The average molecular weight is 698 g/mol. The number of fused-ring (bicyclic) bond motifs is 2. The summed E-state index contributed by atoms with van der Waals surface area (Å²) < 4.78 is 19.3. The molecule has 5 bridgehead atoms. The van der Waals surface area contributed by atoms with Gasteiger partial charge in [-0.1, -0.05) is 32.9 Å². The van der Waals surface area contributed by atoms with Gasteiger partial charge in [-0.15, -0.1) is 0 Å². The molecule has 1 aromatic heterocycles.